The first-order chi connectivity index (χ1) is 13.5. The van der Waals surface area contributed by atoms with Gasteiger partial charge in [0.1, 0.15) is 0 Å². The minimum absolute atomic E-state index is 0.0872. The quantitative estimate of drug-likeness (QED) is 0.529. The highest BCUT2D eigenvalue weighted by Gasteiger charge is 2.25. The maximum absolute atomic E-state index is 13.1. The van der Waals surface area contributed by atoms with Gasteiger partial charge in [-0.2, -0.15) is 0 Å². The molecule has 0 amide bonds. The Morgan fingerprint density at radius 1 is 1.14 bits per heavy atom. The molecule has 0 fully saturated rings. The molecule has 7 heteroatoms. The zero-order valence-corrected chi connectivity index (χ0v) is 15.7. The summed E-state index contributed by atoms with van der Waals surface area (Å²) < 4.78 is 3.02. The van der Waals surface area contributed by atoms with E-state index in [-0.39, 0.29) is 17.2 Å². The fraction of sp³-hybridized carbons (Fsp3) is 0.0952. The van der Waals surface area contributed by atoms with Gasteiger partial charge in [-0.1, -0.05) is 41.9 Å². The molecule has 4 rings (SSSR count). The van der Waals surface area contributed by atoms with E-state index in [9.17, 15) is 14.7 Å². The van der Waals surface area contributed by atoms with Crippen LogP contribution in [-0.2, 0) is 6.54 Å². The monoisotopic (exact) mass is 393 g/mol. The number of aromatic nitrogens is 3. The lowest BCUT2D eigenvalue weighted by Crippen LogP contribution is -2.06. The number of halogens is 1. The molecule has 0 atom stereocenters. The Morgan fingerprint density at radius 2 is 1.89 bits per heavy atom. The fourth-order valence-electron chi connectivity index (χ4n) is 3.29. The first-order valence-electron chi connectivity index (χ1n) is 8.59. The van der Waals surface area contributed by atoms with Crippen LogP contribution in [0.2, 0.25) is 5.02 Å². The summed E-state index contributed by atoms with van der Waals surface area (Å²) in [4.78, 5) is 29.1. The van der Waals surface area contributed by atoms with Crippen molar-refractivity contribution >= 4 is 34.2 Å². The highest BCUT2D eigenvalue weighted by molar-refractivity contribution is 6.31. The van der Waals surface area contributed by atoms with Gasteiger partial charge >= 0.3 is 0 Å². The molecular weight excluding hydrogens is 378 g/mol. The molecule has 0 saturated carbocycles. The number of rotatable bonds is 4. The van der Waals surface area contributed by atoms with Crippen molar-refractivity contribution in [3.8, 4) is 5.88 Å². The molecule has 2 aromatic heterocycles. The molecule has 28 heavy (non-hydrogen) atoms. The van der Waals surface area contributed by atoms with E-state index >= 15 is 0 Å². The molecular formula is C21H16ClN3O3. The van der Waals surface area contributed by atoms with E-state index in [0.717, 1.165) is 10.1 Å². The van der Waals surface area contributed by atoms with Gasteiger partial charge in [-0.05, 0) is 17.7 Å². The molecule has 0 spiro atoms. The molecule has 0 aliphatic heterocycles. The zero-order valence-electron chi connectivity index (χ0n) is 15.0. The number of fused-ring (bicyclic) bond motifs is 1. The minimum atomic E-state index is -0.403. The first-order valence-corrected chi connectivity index (χ1v) is 8.96. The number of imidazole rings is 1. The molecule has 0 aliphatic carbocycles. The number of benzene rings is 2. The van der Waals surface area contributed by atoms with Crippen molar-refractivity contribution in [2.75, 3.05) is 0 Å². The van der Waals surface area contributed by atoms with Crippen LogP contribution in [0.5, 0.6) is 5.88 Å². The van der Waals surface area contributed by atoms with E-state index in [1.54, 1.807) is 42.9 Å². The third kappa shape index (κ3) is 3.08. The van der Waals surface area contributed by atoms with Crippen LogP contribution in [0.1, 0.15) is 33.2 Å². The summed E-state index contributed by atoms with van der Waals surface area (Å²) in [5.41, 5.74) is 1.92. The van der Waals surface area contributed by atoms with E-state index in [2.05, 4.69) is 4.98 Å². The van der Waals surface area contributed by atoms with Gasteiger partial charge < -0.3 is 9.67 Å². The molecule has 4 aromatic rings. The van der Waals surface area contributed by atoms with Crippen molar-refractivity contribution in [3.63, 3.8) is 0 Å². The first kappa shape index (κ1) is 18.0. The molecule has 0 unspecified atom stereocenters. The second kappa shape index (κ2) is 6.98. The number of hydrogen-bond acceptors (Lipinski definition) is 4. The van der Waals surface area contributed by atoms with Crippen LogP contribution in [-0.4, -0.2) is 30.9 Å². The van der Waals surface area contributed by atoms with Crippen molar-refractivity contribution in [2.45, 2.75) is 13.5 Å². The Kier molecular flexibility index (Phi) is 4.49. The SMILES string of the molecule is CC(=O)n1c(O)c(C(=O)c2ccc(Cn3ccnc3)cc2)c2ccc(Cl)cc21. The maximum Gasteiger partial charge on any atom is 0.230 e. The molecule has 0 saturated heterocycles. The summed E-state index contributed by atoms with van der Waals surface area (Å²) in [6, 6.07) is 11.9. The van der Waals surface area contributed by atoms with Gasteiger partial charge in [-0.25, -0.2) is 9.55 Å². The minimum Gasteiger partial charge on any atom is -0.494 e. The lowest BCUT2D eigenvalue weighted by Gasteiger charge is -2.05. The second-order valence-corrected chi connectivity index (χ2v) is 6.91. The third-order valence-electron chi connectivity index (χ3n) is 4.59. The molecule has 6 nitrogen and oxygen atoms in total. The van der Waals surface area contributed by atoms with E-state index in [1.165, 1.54) is 6.92 Å². The second-order valence-electron chi connectivity index (χ2n) is 6.48. The van der Waals surface area contributed by atoms with Gasteiger partial charge in [-0.3, -0.25) is 9.59 Å². The van der Waals surface area contributed by atoms with Gasteiger partial charge in [0.05, 0.1) is 17.4 Å². The third-order valence-corrected chi connectivity index (χ3v) is 4.82. The topological polar surface area (TPSA) is 77.1 Å². The van der Waals surface area contributed by atoms with Crippen molar-refractivity contribution in [1.82, 2.24) is 14.1 Å². The normalized spacial score (nSPS) is 11.1. The van der Waals surface area contributed by atoms with Crippen molar-refractivity contribution in [1.29, 1.82) is 0 Å². The molecule has 0 aliphatic rings. The number of carbonyl (C=O) groups excluding carboxylic acids is 2. The molecule has 2 aromatic carbocycles. The van der Waals surface area contributed by atoms with Gasteiger partial charge in [-0.15, -0.1) is 0 Å². The Bertz CT molecular complexity index is 1190. The van der Waals surface area contributed by atoms with Crippen molar-refractivity contribution in [2.24, 2.45) is 0 Å². The van der Waals surface area contributed by atoms with Gasteiger partial charge in [0.2, 0.25) is 11.8 Å². The van der Waals surface area contributed by atoms with Gasteiger partial charge in [0, 0.05) is 41.8 Å². The number of carbonyl (C=O) groups is 2. The fourth-order valence-corrected chi connectivity index (χ4v) is 3.45. The molecule has 0 bridgehead atoms. The Hall–Kier alpha value is -3.38. The predicted molar refractivity (Wildman–Crippen MR) is 106 cm³/mol. The molecule has 140 valence electrons. The van der Waals surface area contributed by atoms with Crippen LogP contribution in [0.25, 0.3) is 10.9 Å². The van der Waals surface area contributed by atoms with E-state index < -0.39 is 5.91 Å². The van der Waals surface area contributed by atoms with Crippen LogP contribution in [0.4, 0.5) is 0 Å². The Morgan fingerprint density at radius 3 is 2.54 bits per heavy atom. The summed E-state index contributed by atoms with van der Waals surface area (Å²) in [7, 11) is 0. The lowest BCUT2D eigenvalue weighted by atomic mass is 10.0. The highest BCUT2D eigenvalue weighted by atomic mass is 35.5. The van der Waals surface area contributed by atoms with Crippen LogP contribution < -0.4 is 0 Å². The average Bonchev–Trinajstić information content (AvgIpc) is 3.26. The Balaban J connectivity index is 1.75. The largest absolute Gasteiger partial charge is 0.494 e. The summed E-state index contributed by atoms with van der Waals surface area (Å²) >= 11 is 6.03. The summed E-state index contributed by atoms with van der Waals surface area (Å²) in [6.45, 7) is 1.96. The average molecular weight is 394 g/mol. The lowest BCUT2D eigenvalue weighted by molar-refractivity contribution is 0.0933. The summed E-state index contributed by atoms with van der Waals surface area (Å²) in [5.74, 6) is -1.14. The maximum atomic E-state index is 13.1. The summed E-state index contributed by atoms with van der Waals surface area (Å²) in [5, 5.41) is 11.5. The van der Waals surface area contributed by atoms with Crippen molar-refractivity contribution < 1.29 is 14.7 Å². The number of ketones is 1. The summed E-state index contributed by atoms with van der Waals surface area (Å²) in [6.07, 6.45) is 5.29. The van der Waals surface area contributed by atoms with Gasteiger partial charge in [0.15, 0.2) is 5.78 Å². The van der Waals surface area contributed by atoms with Gasteiger partial charge in [0.25, 0.3) is 0 Å². The number of nitrogens with zero attached hydrogens (tertiary/aromatic N) is 3. The standard InChI is InChI=1S/C21H16ClN3O3/c1-13(26)25-18-10-16(22)6-7-17(18)19(21(25)28)20(27)15-4-2-14(3-5-15)11-24-9-8-23-12-24/h2-10,12,28H,11H2,1H3. The predicted octanol–water partition coefficient (Wildman–Crippen LogP) is 4.14. The molecule has 1 N–H and O–H groups in total. The van der Waals surface area contributed by atoms with E-state index in [1.807, 2.05) is 22.9 Å². The van der Waals surface area contributed by atoms with E-state index in [4.69, 9.17) is 11.6 Å². The number of aromatic hydroxyl groups is 1. The molecule has 0 radical (unpaired) electrons. The molecule has 2 heterocycles. The smallest absolute Gasteiger partial charge is 0.230 e. The highest BCUT2D eigenvalue weighted by Crippen LogP contribution is 2.34. The van der Waals surface area contributed by atoms with Crippen molar-refractivity contribution in [3.05, 3.63) is 82.9 Å². The van der Waals surface area contributed by atoms with Crippen LogP contribution in [0.15, 0.2) is 61.2 Å². The zero-order chi connectivity index (χ0) is 19.8. The Labute approximate surface area is 165 Å². The van der Waals surface area contributed by atoms with Crippen LogP contribution in [0.3, 0.4) is 0 Å². The van der Waals surface area contributed by atoms with Crippen LogP contribution >= 0.6 is 11.6 Å². The van der Waals surface area contributed by atoms with Crippen LogP contribution in [0, 0.1) is 0 Å². The number of hydrogen-bond donors (Lipinski definition) is 1. The van der Waals surface area contributed by atoms with E-state index in [0.29, 0.717) is 28.0 Å².